The van der Waals surface area contributed by atoms with Crippen molar-refractivity contribution < 1.29 is 0 Å². The van der Waals surface area contributed by atoms with E-state index in [2.05, 4.69) is 10.2 Å². The number of halogens is 2. The van der Waals surface area contributed by atoms with Crippen LogP contribution in [0.5, 0.6) is 0 Å². The number of aromatic amines is 1. The smallest absolute Gasteiger partial charge is 0.111 e. The van der Waals surface area contributed by atoms with Crippen molar-refractivity contribution in [1.29, 1.82) is 0 Å². The van der Waals surface area contributed by atoms with Gasteiger partial charge in [-0.25, -0.2) is 0 Å². The molecule has 0 radical (unpaired) electrons. The molecule has 0 bridgehead atoms. The van der Waals surface area contributed by atoms with E-state index < -0.39 is 0 Å². The summed E-state index contributed by atoms with van der Waals surface area (Å²) in [5.74, 6) is 0. The summed E-state index contributed by atoms with van der Waals surface area (Å²) in [7, 11) is 0. The molecule has 0 atom stereocenters. The maximum absolute atomic E-state index is 6.06. The van der Waals surface area contributed by atoms with Crippen LogP contribution in [0, 0.1) is 6.92 Å². The van der Waals surface area contributed by atoms with Gasteiger partial charge in [0.25, 0.3) is 0 Å². The molecule has 0 saturated carbocycles. The van der Waals surface area contributed by atoms with Gasteiger partial charge in [-0.2, -0.15) is 5.10 Å². The molecule has 1 heterocycles. The van der Waals surface area contributed by atoms with Crippen LogP contribution in [0.2, 0.25) is 10.0 Å². The Kier molecular flexibility index (Phi) is 2.48. The van der Waals surface area contributed by atoms with E-state index in [1.54, 1.807) is 0 Å². The molecule has 1 aromatic carbocycles. The van der Waals surface area contributed by atoms with Gasteiger partial charge in [-0.1, -0.05) is 35.3 Å². The van der Waals surface area contributed by atoms with E-state index in [1.165, 1.54) is 0 Å². The van der Waals surface area contributed by atoms with Gasteiger partial charge in [-0.05, 0) is 19.1 Å². The van der Waals surface area contributed by atoms with Crippen molar-refractivity contribution in [2.24, 2.45) is 0 Å². The molecule has 0 spiro atoms. The van der Waals surface area contributed by atoms with Crippen LogP contribution in [-0.4, -0.2) is 10.2 Å². The first-order valence-corrected chi connectivity index (χ1v) is 4.90. The van der Waals surface area contributed by atoms with Gasteiger partial charge < -0.3 is 0 Å². The Morgan fingerprint density at radius 2 is 1.79 bits per heavy atom. The molecule has 1 N–H and O–H groups in total. The molecule has 2 aromatic rings. The highest BCUT2D eigenvalue weighted by Gasteiger charge is 2.09. The van der Waals surface area contributed by atoms with Gasteiger partial charge in [0.1, 0.15) is 5.69 Å². The largest absolute Gasteiger partial charge is 0.281 e. The molecule has 14 heavy (non-hydrogen) atoms. The number of rotatable bonds is 1. The third kappa shape index (κ3) is 1.63. The quantitative estimate of drug-likeness (QED) is 0.790. The molecule has 0 unspecified atom stereocenters. The maximum atomic E-state index is 6.06. The number of aromatic nitrogens is 2. The Bertz CT molecular complexity index is 446. The molecule has 72 valence electrons. The van der Waals surface area contributed by atoms with Crippen molar-refractivity contribution in [2.45, 2.75) is 6.92 Å². The Morgan fingerprint density at radius 3 is 2.29 bits per heavy atom. The number of hydrogen-bond acceptors (Lipinski definition) is 1. The van der Waals surface area contributed by atoms with E-state index in [0.717, 1.165) is 17.0 Å². The highest BCUT2D eigenvalue weighted by Crippen LogP contribution is 2.28. The molecule has 0 amide bonds. The standard InChI is InChI=1S/C10H8Cl2N2/c1-6-9(12)10(14-13-6)7-2-4-8(11)5-3-7/h2-5H,1H3,(H,13,14). The minimum Gasteiger partial charge on any atom is -0.281 e. The number of nitrogens with zero attached hydrogens (tertiary/aromatic N) is 1. The van der Waals surface area contributed by atoms with Crippen molar-refractivity contribution in [3.05, 3.63) is 40.0 Å². The molecule has 4 heteroatoms. The lowest BCUT2D eigenvalue weighted by molar-refractivity contribution is 1.05. The summed E-state index contributed by atoms with van der Waals surface area (Å²) in [6.45, 7) is 1.88. The molecule has 0 aliphatic heterocycles. The summed E-state index contributed by atoms with van der Waals surface area (Å²) in [6, 6.07) is 7.42. The minimum atomic E-state index is 0.660. The fraction of sp³-hybridized carbons (Fsp3) is 0.100. The zero-order valence-electron chi connectivity index (χ0n) is 7.51. The SMILES string of the molecule is Cc1[nH]nc(-c2ccc(Cl)cc2)c1Cl. The van der Waals surface area contributed by atoms with Crippen LogP contribution in [0.25, 0.3) is 11.3 Å². The summed E-state index contributed by atoms with van der Waals surface area (Å²) in [4.78, 5) is 0. The van der Waals surface area contributed by atoms with Gasteiger partial charge in [0.05, 0.1) is 10.7 Å². The van der Waals surface area contributed by atoms with Crippen molar-refractivity contribution >= 4 is 23.2 Å². The van der Waals surface area contributed by atoms with Crippen LogP contribution in [0.15, 0.2) is 24.3 Å². The van der Waals surface area contributed by atoms with Crippen LogP contribution in [0.4, 0.5) is 0 Å². The Balaban J connectivity index is 2.49. The third-order valence-electron chi connectivity index (χ3n) is 1.99. The molecular formula is C10H8Cl2N2. The Labute approximate surface area is 91.9 Å². The average molecular weight is 227 g/mol. The van der Waals surface area contributed by atoms with Gasteiger partial charge in [0, 0.05) is 10.6 Å². The normalized spacial score (nSPS) is 10.5. The van der Waals surface area contributed by atoms with Crippen LogP contribution in [0.3, 0.4) is 0 Å². The maximum Gasteiger partial charge on any atom is 0.111 e. The second-order valence-electron chi connectivity index (χ2n) is 3.02. The zero-order chi connectivity index (χ0) is 10.1. The zero-order valence-corrected chi connectivity index (χ0v) is 9.02. The van der Waals surface area contributed by atoms with Gasteiger partial charge in [-0.15, -0.1) is 0 Å². The predicted molar refractivity (Wildman–Crippen MR) is 58.8 cm³/mol. The molecule has 0 saturated heterocycles. The molecule has 2 nitrogen and oxygen atoms in total. The van der Waals surface area contributed by atoms with Crippen molar-refractivity contribution in [2.75, 3.05) is 0 Å². The van der Waals surface area contributed by atoms with Gasteiger partial charge in [-0.3, -0.25) is 5.10 Å². The van der Waals surface area contributed by atoms with Gasteiger partial charge >= 0.3 is 0 Å². The lowest BCUT2D eigenvalue weighted by Gasteiger charge is -1.97. The first kappa shape index (κ1) is 9.56. The highest BCUT2D eigenvalue weighted by atomic mass is 35.5. The number of benzene rings is 1. The number of nitrogens with one attached hydrogen (secondary N) is 1. The second-order valence-corrected chi connectivity index (χ2v) is 3.83. The monoisotopic (exact) mass is 226 g/mol. The number of aryl methyl sites for hydroxylation is 1. The molecular weight excluding hydrogens is 219 g/mol. The summed E-state index contributed by atoms with van der Waals surface area (Å²) in [5.41, 5.74) is 2.60. The summed E-state index contributed by atoms with van der Waals surface area (Å²) in [5, 5.41) is 8.32. The summed E-state index contributed by atoms with van der Waals surface area (Å²) >= 11 is 11.8. The molecule has 1 aromatic heterocycles. The summed E-state index contributed by atoms with van der Waals surface area (Å²) in [6.07, 6.45) is 0. The van der Waals surface area contributed by atoms with Crippen molar-refractivity contribution in [1.82, 2.24) is 10.2 Å². The molecule has 0 fully saturated rings. The molecule has 2 rings (SSSR count). The van der Waals surface area contributed by atoms with E-state index in [-0.39, 0.29) is 0 Å². The van der Waals surface area contributed by atoms with Gasteiger partial charge in [0.2, 0.25) is 0 Å². The molecule has 0 aliphatic carbocycles. The van der Waals surface area contributed by atoms with Crippen LogP contribution in [0.1, 0.15) is 5.69 Å². The minimum absolute atomic E-state index is 0.660. The van der Waals surface area contributed by atoms with E-state index in [4.69, 9.17) is 23.2 Å². The van der Waals surface area contributed by atoms with E-state index in [9.17, 15) is 0 Å². The van der Waals surface area contributed by atoms with E-state index >= 15 is 0 Å². The van der Waals surface area contributed by atoms with Crippen LogP contribution in [-0.2, 0) is 0 Å². The number of hydrogen-bond donors (Lipinski definition) is 1. The lowest BCUT2D eigenvalue weighted by atomic mass is 10.1. The lowest BCUT2D eigenvalue weighted by Crippen LogP contribution is -1.77. The van der Waals surface area contributed by atoms with Crippen molar-refractivity contribution in [3.8, 4) is 11.3 Å². The predicted octanol–water partition coefficient (Wildman–Crippen LogP) is 3.69. The second kappa shape index (κ2) is 3.64. The summed E-state index contributed by atoms with van der Waals surface area (Å²) < 4.78 is 0. The van der Waals surface area contributed by atoms with Crippen LogP contribution < -0.4 is 0 Å². The van der Waals surface area contributed by atoms with Crippen LogP contribution >= 0.6 is 23.2 Å². The topological polar surface area (TPSA) is 28.7 Å². The number of H-pyrrole nitrogens is 1. The first-order valence-electron chi connectivity index (χ1n) is 4.15. The Morgan fingerprint density at radius 1 is 1.14 bits per heavy atom. The average Bonchev–Trinajstić information content (AvgIpc) is 2.50. The van der Waals surface area contributed by atoms with Gasteiger partial charge in [0.15, 0.2) is 0 Å². The van der Waals surface area contributed by atoms with E-state index in [1.807, 2.05) is 31.2 Å². The molecule has 0 aliphatic rings. The highest BCUT2D eigenvalue weighted by molar-refractivity contribution is 6.33. The van der Waals surface area contributed by atoms with Crippen molar-refractivity contribution in [3.63, 3.8) is 0 Å². The Hall–Kier alpha value is -0.990. The fourth-order valence-corrected chi connectivity index (χ4v) is 1.53. The van der Waals surface area contributed by atoms with E-state index in [0.29, 0.717) is 10.0 Å². The first-order chi connectivity index (χ1) is 6.68. The fourth-order valence-electron chi connectivity index (χ4n) is 1.21. The third-order valence-corrected chi connectivity index (χ3v) is 2.70.